The lowest BCUT2D eigenvalue weighted by Crippen LogP contribution is -2.45. The second kappa shape index (κ2) is 6.27. The molecule has 0 spiro atoms. The molecule has 20 heavy (non-hydrogen) atoms. The minimum atomic E-state index is -0.675. The molecule has 0 aromatic carbocycles. The SMILES string of the molecule is O=C(O)C1c2ccsc2CCN1C1CCCCCCC1. The Balaban J connectivity index is 1.82. The number of fused-ring (bicyclic) bond motifs is 1. The normalized spacial score (nSPS) is 25.7. The number of aliphatic carboxylic acids is 1. The summed E-state index contributed by atoms with van der Waals surface area (Å²) in [6.45, 7) is 0.912. The summed E-state index contributed by atoms with van der Waals surface area (Å²) in [4.78, 5) is 15.3. The zero-order chi connectivity index (χ0) is 13.9. The molecule has 110 valence electrons. The van der Waals surface area contributed by atoms with Gasteiger partial charge in [0.1, 0.15) is 6.04 Å². The predicted molar refractivity (Wildman–Crippen MR) is 81.2 cm³/mol. The number of hydrogen-bond acceptors (Lipinski definition) is 3. The van der Waals surface area contributed by atoms with Gasteiger partial charge in [-0.25, -0.2) is 0 Å². The van der Waals surface area contributed by atoms with Crippen LogP contribution >= 0.6 is 11.3 Å². The second-order valence-electron chi connectivity index (χ2n) is 6.03. The van der Waals surface area contributed by atoms with Gasteiger partial charge < -0.3 is 5.11 Å². The third-order valence-corrected chi connectivity index (χ3v) is 5.78. The molecule has 1 aromatic rings. The van der Waals surface area contributed by atoms with Crippen LogP contribution in [0.2, 0.25) is 0 Å². The van der Waals surface area contributed by atoms with Crippen LogP contribution in [0, 0.1) is 0 Å². The Hall–Kier alpha value is -0.870. The maximum Gasteiger partial charge on any atom is 0.325 e. The first-order valence-corrected chi connectivity index (χ1v) is 8.70. The highest BCUT2D eigenvalue weighted by molar-refractivity contribution is 7.10. The fourth-order valence-electron chi connectivity index (χ4n) is 3.77. The van der Waals surface area contributed by atoms with Crippen molar-refractivity contribution >= 4 is 17.3 Å². The lowest BCUT2D eigenvalue weighted by atomic mass is 9.91. The van der Waals surface area contributed by atoms with Crippen molar-refractivity contribution in [2.45, 2.75) is 63.5 Å². The van der Waals surface area contributed by atoms with Crippen molar-refractivity contribution in [1.29, 1.82) is 0 Å². The number of rotatable bonds is 2. The maximum absolute atomic E-state index is 11.8. The first-order valence-electron chi connectivity index (χ1n) is 7.82. The molecule has 1 saturated carbocycles. The van der Waals surface area contributed by atoms with Crippen molar-refractivity contribution in [1.82, 2.24) is 4.90 Å². The number of nitrogens with zero attached hydrogens (tertiary/aromatic N) is 1. The summed E-state index contributed by atoms with van der Waals surface area (Å²) in [5.41, 5.74) is 1.05. The van der Waals surface area contributed by atoms with Crippen molar-refractivity contribution in [3.63, 3.8) is 0 Å². The van der Waals surface area contributed by atoms with Crippen molar-refractivity contribution in [3.8, 4) is 0 Å². The summed E-state index contributed by atoms with van der Waals surface area (Å²) < 4.78 is 0. The van der Waals surface area contributed by atoms with Gasteiger partial charge in [0.2, 0.25) is 0 Å². The fraction of sp³-hybridized carbons (Fsp3) is 0.688. The highest BCUT2D eigenvalue weighted by Gasteiger charge is 2.37. The number of carbonyl (C=O) groups is 1. The van der Waals surface area contributed by atoms with Gasteiger partial charge in [-0.3, -0.25) is 9.69 Å². The number of carboxylic acid groups (broad SMARTS) is 1. The quantitative estimate of drug-likeness (QED) is 0.900. The minimum absolute atomic E-state index is 0.408. The van der Waals surface area contributed by atoms with Crippen LogP contribution in [0.1, 0.15) is 61.4 Å². The molecule has 1 atom stereocenters. The van der Waals surface area contributed by atoms with Gasteiger partial charge >= 0.3 is 5.97 Å². The highest BCUT2D eigenvalue weighted by atomic mass is 32.1. The van der Waals surface area contributed by atoms with Crippen molar-refractivity contribution in [3.05, 3.63) is 21.9 Å². The molecule has 0 saturated heterocycles. The topological polar surface area (TPSA) is 40.5 Å². The molecule has 3 rings (SSSR count). The molecule has 0 bridgehead atoms. The smallest absolute Gasteiger partial charge is 0.325 e. The standard InChI is InChI=1S/C16H23NO2S/c18-16(19)15-13-9-11-20-14(13)8-10-17(15)12-6-4-2-1-3-5-7-12/h9,11-12,15H,1-8,10H2,(H,18,19). The monoisotopic (exact) mass is 293 g/mol. The van der Waals surface area contributed by atoms with Crippen LogP contribution in [0.3, 0.4) is 0 Å². The van der Waals surface area contributed by atoms with Gasteiger partial charge in [0.15, 0.2) is 0 Å². The maximum atomic E-state index is 11.8. The molecule has 1 unspecified atom stereocenters. The zero-order valence-electron chi connectivity index (χ0n) is 11.9. The largest absolute Gasteiger partial charge is 0.480 e. The van der Waals surface area contributed by atoms with E-state index in [1.165, 1.54) is 49.8 Å². The Labute approximate surface area is 124 Å². The van der Waals surface area contributed by atoms with Gasteiger partial charge in [0.25, 0.3) is 0 Å². The molecule has 2 heterocycles. The van der Waals surface area contributed by atoms with E-state index in [-0.39, 0.29) is 0 Å². The van der Waals surface area contributed by atoms with E-state index in [2.05, 4.69) is 4.90 Å². The number of hydrogen-bond donors (Lipinski definition) is 1. The van der Waals surface area contributed by atoms with Gasteiger partial charge in [-0.1, -0.05) is 32.1 Å². The van der Waals surface area contributed by atoms with E-state index in [1.807, 2.05) is 11.4 Å². The summed E-state index contributed by atoms with van der Waals surface area (Å²) >= 11 is 1.71. The van der Waals surface area contributed by atoms with Crippen molar-refractivity contribution in [2.24, 2.45) is 0 Å². The van der Waals surface area contributed by atoms with E-state index < -0.39 is 12.0 Å². The molecule has 3 nitrogen and oxygen atoms in total. The molecule has 0 radical (unpaired) electrons. The Morgan fingerprint density at radius 1 is 1.20 bits per heavy atom. The minimum Gasteiger partial charge on any atom is -0.480 e. The van der Waals surface area contributed by atoms with Crippen LogP contribution in [0.5, 0.6) is 0 Å². The predicted octanol–water partition coefficient (Wildman–Crippen LogP) is 3.84. The van der Waals surface area contributed by atoms with Gasteiger partial charge in [-0.15, -0.1) is 11.3 Å². The third-order valence-electron chi connectivity index (χ3n) is 4.78. The summed E-state index contributed by atoms with van der Waals surface area (Å²) in [6.07, 6.45) is 9.84. The lowest BCUT2D eigenvalue weighted by molar-refractivity contribution is -0.145. The van der Waals surface area contributed by atoms with Gasteiger partial charge in [-0.05, 0) is 36.3 Å². The molecule has 1 aromatic heterocycles. The fourth-order valence-corrected chi connectivity index (χ4v) is 4.67. The van der Waals surface area contributed by atoms with Gasteiger partial charge in [-0.2, -0.15) is 0 Å². The van der Waals surface area contributed by atoms with E-state index in [0.717, 1.165) is 18.5 Å². The van der Waals surface area contributed by atoms with Gasteiger partial charge in [0.05, 0.1) is 0 Å². The molecule has 2 aliphatic rings. The molecular weight excluding hydrogens is 270 g/mol. The molecule has 1 fully saturated rings. The Bertz CT molecular complexity index is 463. The van der Waals surface area contributed by atoms with Crippen LogP contribution < -0.4 is 0 Å². The molecule has 1 aliphatic heterocycles. The second-order valence-corrected chi connectivity index (χ2v) is 7.03. The zero-order valence-corrected chi connectivity index (χ0v) is 12.7. The van der Waals surface area contributed by atoms with Gasteiger partial charge in [0, 0.05) is 17.5 Å². The Morgan fingerprint density at radius 2 is 1.90 bits per heavy atom. The van der Waals surface area contributed by atoms with Crippen molar-refractivity contribution in [2.75, 3.05) is 6.54 Å². The summed E-state index contributed by atoms with van der Waals surface area (Å²) in [6, 6.07) is 2.08. The van der Waals surface area contributed by atoms with E-state index in [4.69, 9.17) is 0 Å². The van der Waals surface area contributed by atoms with Crippen LogP contribution in [0.15, 0.2) is 11.4 Å². The summed E-state index contributed by atoms with van der Waals surface area (Å²) in [7, 11) is 0. The molecule has 1 aliphatic carbocycles. The first kappa shape index (κ1) is 14.1. The average Bonchev–Trinajstić information content (AvgIpc) is 2.85. The number of carboxylic acids is 1. The third kappa shape index (κ3) is 2.77. The molecule has 0 amide bonds. The summed E-state index contributed by atoms with van der Waals surface area (Å²) in [5.74, 6) is -0.675. The van der Waals surface area contributed by atoms with Crippen LogP contribution in [0.4, 0.5) is 0 Å². The van der Waals surface area contributed by atoms with Crippen LogP contribution in [-0.2, 0) is 11.2 Å². The lowest BCUT2D eigenvalue weighted by Gasteiger charge is -2.40. The average molecular weight is 293 g/mol. The Kier molecular flexibility index (Phi) is 4.41. The van der Waals surface area contributed by atoms with Crippen LogP contribution in [0.25, 0.3) is 0 Å². The first-order chi connectivity index (χ1) is 9.77. The van der Waals surface area contributed by atoms with E-state index in [0.29, 0.717) is 6.04 Å². The molecular formula is C16H23NO2S. The molecule has 4 heteroatoms. The van der Waals surface area contributed by atoms with E-state index in [1.54, 1.807) is 11.3 Å². The summed E-state index contributed by atoms with van der Waals surface area (Å²) in [5, 5.41) is 11.7. The molecule has 1 N–H and O–H groups in total. The van der Waals surface area contributed by atoms with E-state index in [9.17, 15) is 9.90 Å². The van der Waals surface area contributed by atoms with Crippen LogP contribution in [-0.4, -0.2) is 28.6 Å². The van der Waals surface area contributed by atoms with E-state index >= 15 is 0 Å². The highest BCUT2D eigenvalue weighted by Crippen LogP contribution is 2.37. The number of thiophene rings is 1. The van der Waals surface area contributed by atoms with Crippen molar-refractivity contribution < 1.29 is 9.90 Å². The Morgan fingerprint density at radius 3 is 2.60 bits per heavy atom.